The number of hydrogen-bond donors (Lipinski definition) is 3. The van der Waals surface area contributed by atoms with Gasteiger partial charge in [-0.15, -0.1) is 0 Å². The Morgan fingerprint density at radius 3 is 2.65 bits per heavy atom. The summed E-state index contributed by atoms with van der Waals surface area (Å²) in [7, 11) is 1.84. The van der Waals surface area contributed by atoms with E-state index in [2.05, 4.69) is 31.0 Å². The number of imidazole rings is 1. The largest absolute Gasteiger partial charge is 0.456 e. The lowest BCUT2D eigenvalue weighted by Gasteiger charge is -2.41. The molecule has 270 valence electrons. The first-order valence-corrected chi connectivity index (χ1v) is 17.0. The number of aryl methyl sites for hydroxylation is 1. The standard InChI is InChI=1S/C36H50N2O11/c1-7-46-36-13-12-35(5,49-36)30(48-31(42)11-9-25-16-38(6)20-37-25)15-27-23(17-39)8-10-26(21(2)3)28(27)14-24(36)18-44-34-33(47-22(4)40)32(43)29(41)19-45-34/h8-9,11-14,16,20-21,26-30,32-34,39,41,43H,7,10,15,17-19H2,1-6H3/b11-9+,24-14-/t26-,27+,28-,29-,30+,32-,33+,34-,35-,36+/m1/s1. The van der Waals surface area contributed by atoms with E-state index in [4.69, 9.17) is 28.4 Å². The van der Waals surface area contributed by atoms with Crippen molar-refractivity contribution in [1.29, 1.82) is 0 Å². The lowest BCUT2D eigenvalue weighted by molar-refractivity contribution is -0.278. The Labute approximate surface area is 287 Å². The Hall–Kier alpha value is -3.17. The smallest absolute Gasteiger partial charge is 0.331 e. The highest BCUT2D eigenvalue weighted by molar-refractivity contribution is 5.86. The first-order chi connectivity index (χ1) is 23.3. The molecule has 4 heterocycles. The maximum atomic E-state index is 13.3. The Bertz CT molecular complexity index is 1470. The van der Waals surface area contributed by atoms with Crippen LogP contribution in [0.1, 0.15) is 53.2 Å². The Balaban J connectivity index is 1.53. The maximum Gasteiger partial charge on any atom is 0.331 e. The van der Waals surface area contributed by atoms with Crippen molar-refractivity contribution in [3.05, 3.63) is 59.7 Å². The summed E-state index contributed by atoms with van der Waals surface area (Å²) in [5.74, 6) is -2.61. The number of nitrogens with zero attached hydrogens (tertiary/aromatic N) is 2. The van der Waals surface area contributed by atoms with E-state index >= 15 is 0 Å². The summed E-state index contributed by atoms with van der Waals surface area (Å²) in [4.78, 5) is 29.5. The molecule has 13 heteroatoms. The molecule has 10 atom stereocenters. The van der Waals surface area contributed by atoms with Gasteiger partial charge < -0.3 is 48.3 Å². The quantitative estimate of drug-likeness (QED) is 0.177. The van der Waals surface area contributed by atoms with Gasteiger partial charge in [0.05, 0.1) is 31.8 Å². The number of fused-ring (bicyclic) bond motifs is 3. The van der Waals surface area contributed by atoms with Crippen molar-refractivity contribution in [2.24, 2.45) is 30.7 Å². The van der Waals surface area contributed by atoms with Gasteiger partial charge in [0, 0.05) is 38.4 Å². The molecule has 0 unspecified atom stereocenters. The number of rotatable bonds is 11. The summed E-state index contributed by atoms with van der Waals surface area (Å²) in [5.41, 5.74) is 0.910. The number of carbonyl (C=O) groups is 2. The van der Waals surface area contributed by atoms with E-state index in [0.717, 1.165) is 12.0 Å². The summed E-state index contributed by atoms with van der Waals surface area (Å²) in [6.07, 6.45) is 9.35. The third kappa shape index (κ3) is 8.09. The zero-order chi connectivity index (χ0) is 35.5. The van der Waals surface area contributed by atoms with Crippen molar-refractivity contribution >= 4 is 18.0 Å². The van der Waals surface area contributed by atoms with Crippen LogP contribution in [0.5, 0.6) is 0 Å². The minimum absolute atomic E-state index is 0.116. The van der Waals surface area contributed by atoms with Gasteiger partial charge in [0.15, 0.2) is 12.4 Å². The fraction of sp³-hybridized carbons (Fsp3) is 0.639. The van der Waals surface area contributed by atoms with Gasteiger partial charge in [0.1, 0.15) is 23.9 Å². The van der Waals surface area contributed by atoms with Gasteiger partial charge in [-0.3, -0.25) is 4.79 Å². The highest BCUT2D eigenvalue weighted by Crippen LogP contribution is 2.50. The van der Waals surface area contributed by atoms with Gasteiger partial charge in [-0.05, 0) is 74.2 Å². The average Bonchev–Trinajstić information content (AvgIpc) is 3.64. The summed E-state index contributed by atoms with van der Waals surface area (Å²) in [6.45, 7) is 8.97. The number of carbonyl (C=O) groups excluding carboxylic acids is 2. The second kappa shape index (κ2) is 15.4. The molecule has 0 aromatic carbocycles. The Kier molecular flexibility index (Phi) is 11.6. The van der Waals surface area contributed by atoms with Crippen LogP contribution in [0.3, 0.4) is 0 Å². The van der Waals surface area contributed by atoms with E-state index in [1.807, 2.05) is 27.0 Å². The van der Waals surface area contributed by atoms with Crippen molar-refractivity contribution in [3.63, 3.8) is 0 Å². The topological polar surface area (TPSA) is 168 Å². The van der Waals surface area contributed by atoms with Crippen LogP contribution in [0.15, 0.2) is 54.1 Å². The molecule has 3 N–H and O–H groups in total. The van der Waals surface area contributed by atoms with Gasteiger partial charge in [0.2, 0.25) is 5.79 Å². The first-order valence-electron chi connectivity index (χ1n) is 17.0. The molecular weight excluding hydrogens is 636 g/mol. The zero-order valence-corrected chi connectivity index (χ0v) is 29.1. The van der Waals surface area contributed by atoms with Gasteiger partial charge in [-0.25, -0.2) is 9.78 Å². The molecule has 0 saturated carbocycles. The van der Waals surface area contributed by atoms with E-state index < -0.39 is 54.0 Å². The third-order valence-corrected chi connectivity index (χ3v) is 9.95. The number of aromatic nitrogens is 2. The predicted molar refractivity (Wildman–Crippen MR) is 176 cm³/mol. The lowest BCUT2D eigenvalue weighted by Crippen LogP contribution is -2.55. The second-order valence-electron chi connectivity index (χ2n) is 13.8. The first kappa shape index (κ1) is 37.1. The van der Waals surface area contributed by atoms with Crippen LogP contribution in [-0.2, 0) is 45.1 Å². The highest BCUT2D eigenvalue weighted by Gasteiger charge is 2.54. The fourth-order valence-corrected chi connectivity index (χ4v) is 7.37. The van der Waals surface area contributed by atoms with Crippen LogP contribution in [-0.4, -0.2) is 105 Å². The third-order valence-electron chi connectivity index (χ3n) is 9.95. The second-order valence-corrected chi connectivity index (χ2v) is 13.8. The van der Waals surface area contributed by atoms with Gasteiger partial charge in [-0.2, -0.15) is 0 Å². The molecule has 0 radical (unpaired) electrons. The lowest BCUT2D eigenvalue weighted by atomic mass is 9.65. The summed E-state index contributed by atoms with van der Waals surface area (Å²) in [5, 5.41) is 31.4. The van der Waals surface area contributed by atoms with Gasteiger partial charge >= 0.3 is 11.9 Å². The van der Waals surface area contributed by atoms with Crippen LogP contribution in [0.2, 0.25) is 0 Å². The fourth-order valence-electron chi connectivity index (χ4n) is 7.37. The molecule has 0 spiro atoms. The van der Waals surface area contributed by atoms with E-state index in [-0.39, 0.29) is 50.1 Å². The monoisotopic (exact) mass is 686 g/mol. The number of aliphatic hydroxyl groups is 3. The zero-order valence-electron chi connectivity index (χ0n) is 29.1. The van der Waals surface area contributed by atoms with Crippen molar-refractivity contribution in [2.75, 3.05) is 26.4 Å². The summed E-state index contributed by atoms with van der Waals surface area (Å²) < 4.78 is 38.5. The van der Waals surface area contributed by atoms with Crippen LogP contribution in [0, 0.1) is 23.7 Å². The average molecular weight is 687 g/mol. The van der Waals surface area contributed by atoms with Crippen LogP contribution < -0.4 is 0 Å². The molecule has 5 rings (SSSR count). The number of esters is 2. The minimum Gasteiger partial charge on any atom is -0.456 e. The van der Waals surface area contributed by atoms with Crippen LogP contribution in [0.4, 0.5) is 0 Å². The molecule has 1 saturated heterocycles. The number of ether oxygens (including phenoxy) is 6. The Morgan fingerprint density at radius 1 is 1.22 bits per heavy atom. The van der Waals surface area contributed by atoms with E-state index in [1.165, 1.54) is 13.0 Å². The number of aliphatic hydroxyl groups excluding tert-OH is 3. The summed E-state index contributed by atoms with van der Waals surface area (Å²) in [6, 6.07) is 0. The molecule has 0 amide bonds. The van der Waals surface area contributed by atoms with Crippen LogP contribution in [0.25, 0.3) is 6.08 Å². The maximum absolute atomic E-state index is 13.3. The molecule has 4 aliphatic rings. The normalized spacial score (nSPS) is 37.1. The van der Waals surface area contributed by atoms with Gasteiger partial charge in [-0.1, -0.05) is 26.0 Å². The predicted octanol–water partition coefficient (Wildman–Crippen LogP) is 2.61. The van der Waals surface area contributed by atoms with Crippen molar-refractivity contribution in [3.8, 4) is 0 Å². The molecule has 1 aliphatic carbocycles. The van der Waals surface area contributed by atoms with Crippen molar-refractivity contribution < 1.29 is 53.3 Å². The van der Waals surface area contributed by atoms with Gasteiger partial charge in [0.25, 0.3) is 0 Å². The number of hydrogen-bond acceptors (Lipinski definition) is 12. The number of allylic oxidation sites excluding steroid dienone is 2. The molecule has 13 nitrogen and oxygen atoms in total. The van der Waals surface area contributed by atoms with E-state index in [0.29, 0.717) is 17.7 Å². The molecule has 49 heavy (non-hydrogen) atoms. The molecule has 2 bridgehead atoms. The van der Waals surface area contributed by atoms with E-state index in [1.54, 1.807) is 29.2 Å². The van der Waals surface area contributed by atoms with Crippen LogP contribution >= 0.6 is 0 Å². The SMILES string of the molecule is CCO[C@@]12C=C[C@@](C)(O1)[C@@H](OC(=O)/C=C/c1cn(C)cn1)C[C@H]1C(CO)=CC[C@H](C(C)C)[C@H]1/C=C\2CO[C@@H]1OC[C@@H](O)[C@@H](O)[C@@H]1OC(C)=O. The molecule has 1 fully saturated rings. The molecule has 1 aromatic heterocycles. The molecular formula is C36H50N2O11. The van der Waals surface area contributed by atoms with E-state index in [9.17, 15) is 24.9 Å². The molecule has 3 aliphatic heterocycles. The minimum atomic E-state index is -1.43. The molecule has 1 aromatic rings. The summed E-state index contributed by atoms with van der Waals surface area (Å²) >= 11 is 0. The van der Waals surface area contributed by atoms with Crippen molar-refractivity contribution in [1.82, 2.24) is 9.55 Å². The highest BCUT2D eigenvalue weighted by atomic mass is 16.7. The Morgan fingerprint density at radius 2 is 2.00 bits per heavy atom. The van der Waals surface area contributed by atoms with Crippen molar-refractivity contribution in [2.45, 2.75) is 89.6 Å².